The zero-order chi connectivity index (χ0) is 19.4. The Kier molecular flexibility index (Phi) is 5.16. The van der Waals surface area contributed by atoms with E-state index in [-0.39, 0.29) is 11.8 Å². The third kappa shape index (κ3) is 4.12. The number of aromatic nitrogens is 2. The van der Waals surface area contributed by atoms with Crippen LogP contribution in [0, 0.1) is 5.82 Å². The molecule has 0 bridgehead atoms. The highest BCUT2D eigenvalue weighted by Gasteiger charge is 2.12. The Morgan fingerprint density at radius 2 is 1.52 bits per heavy atom. The molecule has 3 N–H and O–H groups in total. The molecular formula is C19H17FN4O3. The second-order valence-electron chi connectivity index (χ2n) is 5.53. The number of carbonyl (C=O) groups is 1. The van der Waals surface area contributed by atoms with Gasteiger partial charge >= 0.3 is 6.03 Å². The van der Waals surface area contributed by atoms with Gasteiger partial charge in [0, 0.05) is 11.1 Å². The van der Waals surface area contributed by atoms with E-state index in [1.807, 2.05) is 0 Å². The summed E-state index contributed by atoms with van der Waals surface area (Å²) in [6, 6.07) is 12.1. The molecule has 0 aliphatic carbocycles. The van der Waals surface area contributed by atoms with Crippen LogP contribution in [0.3, 0.4) is 0 Å². The Labute approximate surface area is 155 Å². The van der Waals surface area contributed by atoms with Gasteiger partial charge in [0.2, 0.25) is 5.95 Å². The summed E-state index contributed by atoms with van der Waals surface area (Å²) >= 11 is 0. The lowest BCUT2D eigenvalue weighted by atomic mass is 10.1. The van der Waals surface area contributed by atoms with Gasteiger partial charge in [0.05, 0.1) is 25.6 Å². The number of rotatable bonds is 5. The molecule has 3 aromatic rings. The summed E-state index contributed by atoms with van der Waals surface area (Å²) in [7, 11) is 3.08. The Bertz CT molecular complexity index is 977. The molecule has 0 spiro atoms. The fraction of sp³-hybridized carbons (Fsp3) is 0.105. The second kappa shape index (κ2) is 7.69. The molecule has 0 saturated heterocycles. The number of anilines is 1. The SMILES string of the molecule is COc1ccc(-c2cc(-c3ccc(F)cc3)nc(NC(N)=O)n2)cc1OC. The van der Waals surface area contributed by atoms with E-state index < -0.39 is 6.03 Å². The van der Waals surface area contributed by atoms with Crippen LogP contribution in [0.5, 0.6) is 11.5 Å². The first kappa shape index (κ1) is 18.1. The number of nitrogens with one attached hydrogen (secondary N) is 1. The molecule has 138 valence electrons. The van der Waals surface area contributed by atoms with Crippen molar-refractivity contribution in [2.24, 2.45) is 5.73 Å². The predicted octanol–water partition coefficient (Wildman–Crippen LogP) is 3.46. The van der Waals surface area contributed by atoms with Gasteiger partial charge in [-0.1, -0.05) is 0 Å². The molecule has 3 rings (SSSR count). The van der Waals surface area contributed by atoms with Crippen LogP contribution >= 0.6 is 0 Å². The highest BCUT2D eigenvalue weighted by molar-refractivity contribution is 5.86. The molecule has 0 aliphatic heterocycles. The standard InChI is InChI=1S/C19H17FN4O3/c1-26-16-8-5-12(9-17(16)27-2)15-10-14(11-3-6-13(20)7-4-11)22-19(23-15)24-18(21)25/h3-10H,1-2H3,(H3,21,22,23,24,25). The Morgan fingerprint density at radius 3 is 2.11 bits per heavy atom. The monoisotopic (exact) mass is 368 g/mol. The van der Waals surface area contributed by atoms with Gasteiger partial charge in [-0.25, -0.2) is 19.2 Å². The van der Waals surface area contributed by atoms with Crippen molar-refractivity contribution in [3.8, 4) is 34.0 Å². The zero-order valence-corrected chi connectivity index (χ0v) is 14.7. The fourth-order valence-corrected chi connectivity index (χ4v) is 2.53. The fourth-order valence-electron chi connectivity index (χ4n) is 2.53. The lowest BCUT2D eigenvalue weighted by Gasteiger charge is -2.11. The third-order valence-corrected chi connectivity index (χ3v) is 3.78. The Morgan fingerprint density at radius 1 is 0.926 bits per heavy atom. The lowest BCUT2D eigenvalue weighted by molar-refractivity contribution is 0.259. The number of urea groups is 1. The van der Waals surface area contributed by atoms with E-state index in [2.05, 4.69) is 15.3 Å². The number of halogens is 1. The summed E-state index contributed by atoms with van der Waals surface area (Å²) in [5.41, 5.74) is 7.58. The normalized spacial score (nSPS) is 10.3. The average Bonchev–Trinajstić information content (AvgIpc) is 2.67. The molecule has 0 unspecified atom stereocenters. The largest absolute Gasteiger partial charge is 0.493 e. The van der Waals surface area contributed by atoms with Crippen LogP contribution in [0.25, 0.3) is 22.5 Å². The molecule has 1 aromatic heterocycles. The Balaban J connectivity index is 2.12. The lowest BCUT2D eigenvalue weighted by Crippen LogP contribution is -2.21. The van der Waals surface area contributed by atoms with Crippen molar-refractivity contribution in [3.05, 3.63) is 54.3 Å². The number of ether oxygens (including phenoxy) is 2. The quantitative estimate of drug-likeness (QED) is 0.718. The van der Waals surface area contributed by atoms with Crippen molar-refractivity contribution >= 4 is 12.0 Å². The van der Waals surface area contributed by atoms with E-state index >= 15 is 0 Å². The predicted molar refractivity (Wildman–Crippen MR) is 99.2 cm³/mol. The van der Waals surface area contributed by atoms with E-state index in [1.54, 1.807) is 43.5 Å². The summed E-state index contributed by atoms with van der Waals surface area (Å²) in [4.78, 5) is 19.8. The van der Waals surface area contributed by atoms with Crippen molar-refractivity contribution in [2.75, 3.05) is 19.5 Å². The maximum atomic E-state index is 13.2. The van der Waals surface area contributed by atoms with Crippen LogP contribution in [-0.4, -0.2) is 30.2 Å². The first-order valence-corrected chi connectivity index (χ1v) is 7.94. The molecule has 2 amide bonds. The number of carbonyl (C=O) groups excluding carboxylic acids is 1. The topological polar surface area (TPSA) is 99.4 Å². The summed E-state index contributed by atoms with van der Waals surface area (Å²) < 4.78 is 23.8. The molecule has 0 atom stereocenters. The van der Waals surface area contributed by atoms with Gasteiger partial charge < -0.3 is 15.2 Å². The van der Waals surface area contributed by atoms with Gasteiger partial charge in [-0.3, -0.25) is 5.32 Å². The van der Waals surface area contributed by atoms with Gasteiger partial charge in [0.25, 0.3) is 0 Å². The second-order valence-corrected chi connectivity index (χ2v) is 5.53. The number of primary amides is 1. The number of nitrogens with zero attached hydrogens (tertiary/aromatic N) is 2. The number of amides is 2. The maximum absolute atomic E-state index is 13.2. The molecular weight excluding hydrogens is 351 g/mol. The molecule has 0 aliphatic rings. The maximum Gasteiger partial charge on any atom is 0.319 e. The summed E-state index contributed by atoms with van der Waals surface area (Å²) in [6.45, 7) is 0. The van der Waals surface area contributed by atoms with Crippen LogP contribution in [0.15, 0.2) is 48.5 Å². The zero-order valence-electron chi connectivity index (χ0n) is 14.7. The number of hydrogen-bond donors (Lipinski definition) is 2. The van der Waals surface area contributed by atoms with Gasteiger partial charge in [0.15, 0.2) is 11.5 Å². The minimum atomic E-state index is -0.787. The molecule has 2 aromatic carbocycles. The van der Waals surface area contributed by atoms with Gasteiger partial charge in [-0.15, -0.1) is 0 Å². The van der Waals surface area contributed by atoms with Crippen molar-refractivity contribution in [1.82, 2.24) is 9.97 Å². The van der Waals surface area contributed by atoms with Gasteiger partial charge in [0.1, 0.15) is 5.82 Å². The summed E-state index contributed by atoms with van der Waals surface area (Å²) in [5, 5.41) is 2.37. The smallest absolute Gasteiger partial charge is 0.319 e. The highest BCUT2D eigenvalue weighted by atomic mass is 19.1. The molecule has 0 saturated carbocycles. The molecule has 7 nitrogen and oxygen atoms in total. The van der Waals surface area contributed by atoms with E-state index in [0.29, 0.717) is 34.0 Å². The van der Waals surface area contributed by atoms with Crippen molar-refractivity contribution in [3.63, 3.8) is 0 Å². The highest BCUT2D eigenvalue weighted by Crippen LogP contribution is 2.33. The summed E-state index contributed by atoms with van der Waals surface area (Å²) in [5.74, 6) is 0.781. The molecule has 8 heteroatoms. The molecule has 0 fully saturated rings. The van der Waals surface area contributed by atoms with Crippen LogP contribution in [0.4, 0.5) is 15.1 Å². The third-order valence-electron chi connectivity index (χ3n) is 3.78. The van der Waals surface area contributed by atoms with Gasteiger partial charge in [-0.05, 0) is 48.5 Å². The van der Waals surface area contributed by atoms with E-state index in [9.17, 15) is 9.18 Å². The van der Waals surface area contributed by atoms with Crippen LogP contribution in [0.1, 0.15) is 0 Å². The summed E-state index contributed by atoms with van der Waals surface area (Å²) in [6.07, 6.45) is 0. The minimum absolute atomic E-state index is 0.0362. The molecule has 1 heterocycles. The van der Waals surface area contributed by atoms with E-state index in [0.717, 1.165) is 0 Å². The number of nitrogens with two attached hydrogens (primary N) is 1. The Hall–Kier alpha value is -3.68. The first-order valence-electron chi connectivity index (χ1n) is 7.94. The first-order chi connectivity index (χ1) is 13.0. The van der Waals surface area contributed by atoms with Crippen molar-refractivity contribution in [2.45, 2.75) is 0 Å². The van der Waals surface area contributed by atoms with E-state index in [1.165, 1.54) is 19.2 Å². The van der Waals surface area contributed by atoms with Crippen LogP contribution in [0.2, 0.25) is 0 Å². The minimum Gasteiger partial charge on any atom is -0.493 e. The van der Waals surface area contributed by atoms with Crippen molar-refractivity contribution < 1.29 is 18.7 Å². The number of benzene rings is 2. The van der Waals surface area contributed by atoms with Crippen LogP contribution in [-0.2, 0) is 0 Å². The van der Waals surface area contributed by atoms with Crippen molar-refractivity contribution in [1.29, 1.82) is 0 Å². The molecule has 0 radical (unpaired) electrons. The number of methoxy groups -OCH3 is 2. The van der Waals surface area contributed by atoms with Gasteiger partial charge in [-0.2, -0.15) is 0 Å². The average molecular weight is 368 g/mol. The number of hydrogen-bond acceptors (Lipinski definition) is 5. The molecule has 27 heavy (non-hydrogen) atoms. The van der Waals surface area contributed by atoms with E-state index in [4.69, 9.17) is 15.2 Å². The van der Waals surface area contributed by atoms with Crippen LogP contribution < -0.4 is 20.5 Å².